The SMILES string of the molecule is CC(C)(C)c1cc(C2CCN(c3cc(C(C)(C)C)cc(C(C)(C)C)c3)C2)cc(C(C)(C)C)c1. The molecular weight excluding hydrogens is 398 g/mol. The van der Waals surface area contributed by atoms with Gasteiger partial charge in [0, 0.05) is 24.7 Å². The minimum Gasteiger partial charge on any atom is -0.371 e. The maximum Gasteiger partial charge on any atom is 0.0372 e. The van der Waals surface area contributed by atoms with E-state index in [4.69, 9.17) is 0 Å². The lowest BCUT2D eigenvalue weighted by Gasteiger charge is -2.29. The van der Waals surface area contributed by atoms with Crippen LogP contribution in [0.2, 0.25) is 0 Å². The average molecular weight is 448 g/mol. The molecule has 1 fully saturated rings. The molecule has 1 saturated heterocycles. The fourth-order valence-electron chi connectivity index (χ4n) is 4.68. The topological polar surface area (TPSA) is 3.24 Å². The third-order valence-corrected chi connectivity index (χ3v) is 7.36. The third-order valence-electron chi connectivity index (χ3n) is 7.36. The standard InChI is InChI=1S/C32H49N/c1-29(2,3)24-15-23(16-25(17-24)30(4,5)6)22-13-14-33(21-22)28-19-26(31(7,8)9)18-27(20-28)32(10,11)12/h15-20,22H,13-14,21H2,1-12H3. The zero-order valence-corrected chi connectivity index (χ0v) is 23.6. The number of nitrogens with zero attached hydrogens (tertiary/aromatic N) is 1. The molecule has 33 heavy (non-hydrogen) atoms. The summed E-state index contributed by atoms with van der Waals surface area (Å²) in [5, 5.41) is 0. The number of rotatable bonds is 2. The molecule has 1 heteroatoms. The second kappa shape index (κ2) is 8.47. The molecular formula is C32H49N. The van der Waals surface area contributed by atoms with Gasteiger partial charge in [-0.05, 0) is 68.0 Å². The zero-order chi connectivity index (χ0) is 25.0. The van der Waals surface area contributed by atoms with Gasteiger partial charge < -0.3 is 4.90 Å². The highest BCUT2D eigenvalue weighted by Gasteiger charge is 2.29. The van der Waals surface area contributed by atoms with Crippen molar-refractivity contribution in [1.82, 2.24) is 0 Å². The summed E-state index contributed by atoms with van der Waals surface area (Å²) in [5.74, 6) is 0.588. The van der Waals surface area contributed by atoms with E-state index in [9.17, 15) is 0 Å². The fraction of sp³-hybridized carbons (Fsp3) is 0.625. The molecule has 0 bridgehead atoms. The first-order valence-electron chi connectivity index (χ1n) is 12.9. The third kappa shape index (κ3) is 6.03. The molecule has 1 atom stereocenters. The van der Waals surface area contributed by atoms with E-state index in [2.05, 4.69) is 124 Å². The maximum atomic E-state index is 2.63. The van der Waals surface area contributed by atoms with Crippen molar-refractivity contribution < 1.29 is 0 Å². The van der Waals surface area contributed by atoms with E-state index in [1.54, 1.807) is 0 Å². The van der Waals surface area contributed by atoms with Crippen molar-refractivity contribution in [3.8, 4) is 0 Å². The molecule has 1 heterocycles. The van der Waals surface area contributed by atoms with Crippen LogP contribution in [0.15, 0.2) is 36.4 Å². The predicted octanol–water partition coefficient (Wildman–Crippen LogP) is 8.87. The summed E-state index contributed by atoms with van der Waals surface area (Å²) in [4.78, 5) is 2.63. The number of benzene rings is 2. The largest absolute Gasteiger partial charge is 0.371 e. The highest BCUT2D eigenvalue weighted by Crippen LogP contribution is 2.39. The lowest BCUT2D eigenvalue weighted by Crippen LogP contribution is -2.23. The van der Waals surface area contributed by atoms with Crippen LogP contribution in [0.5, 0.6) is 0 Å². The number of hydrogen-bond acceptors (Lipinski definition) is 1. The molecule has 2 aromatic rings. The van der Waals surface area contributed by atoms with Crippen molar-refractivity contribution in [3.05, 3.63) is 64.2 Å². The van der Waals surface area contributed by atoms with E-state index in [-0.39, 0.29) is 21.7 Å². The summed E-state index contributed by atoms with van der Waals surface area (Å²) >= 11 is 0. The Bertz CT molecular complexity index is 837. The Kier molecular flexibility index (Phi) is 6.64. The van der Waals surface area contributed by atoms with Gasteiger partial charge in [-0.1, -0.05) is 107 Å². The molecule has 0 amide bonds. The summed E-state index contributed by atoms with van der Waals surface area (Å²) in [6.07, 6.45) is 1.22. The monoisotopic (exact) mass is 447 g/mol. The van der Waals surface area contributed by atoms with Gasteiger partial charge in [0.2, 0.25) is 0 Å². The Morgan fingerprint density at radius 3 is 1.27 bits per heavy atom. The van der Waals surface area contributed by atoms with Crippen LogP contribution in [0.4, 0.5) is 5.69 Å². The molecule has 0 saturated carbocycles. The summed E-state index contributed by atoms with van der Waals surface area (Å²) in [7, 11) is 0. The predicted molar refractivity (Wildman–Crippen MR) is 147 cm³/mol. The second-order valence-corrected chi connectivity index (χ2v) is 14.5. The van der Waals surface area contributed by atoms with Crippen LogP contribution in [0.1, 0.15) is 123 Å². The van der Waals surface area contributed by atoms with E-state index >= 15 is 0 Å². The first kappa shape index (κ1) is 25.9. The van der Waals surface area contributed by atoms with E-state index in [1.165, 1.54) is 39.9 Å². The van der Waals surface area contributed by atoms with Crippen LogP contribution in [-0.4, -0.2) is 13.1 Å². The summed E-state index contributed by atoms with van der Waals surface area (Å²) in [6, 6.07) is 14.8. The van der Waals surface area contributed by atoms with Gasteiger partial charge in [0.15, 0.2) is 0 Å². The summed E-state index contributed by atoms with van der Waals surface area (Å²) < 4.78 is 0. The molecule has 0 aromatic heterocycles. The Morgan fingerprint density at radius 2 is 0.909 bits per heavy atom. The van der Waals surface area contributed by atoms with Crippen molar-refractivity contribution in [2.45, 2.75) is 117 Å². The average Bonchev–Trinajstić information content (AvgIpc) is 3.15. The summed E-state index contributed by atoms with van der Waals surface area (Å²) in [5.41, 5.74) is 9.37. The van der Waals surface area contributed by atoms with Gasteiger partial charge in [-0.15, -0.1) is 0 Å². The Labute approximate surface area is 205 Å². The van der Waals surface area contributed by atoms with Crippen LogP contribution in [0.3, 0.4) is 0 Å². The number of anilines is 1. The van der Waals surface area contributed by atoms with Crippen LogP contribution >= 0.6 is 0 Å². The van der Waals surface area contributed by atoms with Gasteiger partial charge in [0.05, 0.1) is 0 Å². The van der Waals surface area contributed by atoms with E-state index in [0.29, 0.717) is 5.92 Å². The molecule has 1 aliphatic heterocycles. The molecule has 182 valence electrons. The highest BCUT2D eigenvalue weighted by atomic mass is 15.1. The lowest BCUT2D eigenvalue weighted by atomic mass is 9.78. The Morgan fingerprint density at radius 1 is 0.545 bits per heavy atom. The van der Waals surface area contributed by atoms with E-state index in [1.807, 2.05) is 0 Å². The Hall–Kier alpha value is -1.76. The second-order valence-electron chi connectivity index (χ2n) is 14.5. The van der Waals surface area contributed by atoms with Crippen molar-refractivity contribution in [2.75, 3.05) is 18.0 Å². The zero-order valence-electron chi connectivity index (χ0n) is 23.6. The van der Waals surface area contributed by atoms with Gasteiger partial charge in [-0.25, -0.2) is 0 Å². The quantitative estimate of drug-likeness (QED) is 0.444. The smallest absolute Gasteiger partial charge is 0.0372 e. The van der Waals surface area contributed by atoms with E-state index in [0.717, 1.165) is 13.1 Å². The lowest BCUT2D eigenvalue weighted by molar-refractivity contribution is 0.564. The molecule has 0 spiro atoms. The van der Waals surface area contributed by atoms with Gasteiger partial charge in [-0.3, -0.25) is 0 Å². The Balaban J connectivity index is 1.98. The van der Waals surface area contributed by atoms with Crippen molar-refractivity contribution in [3.63, 3.8) is 0 Å². The van der Waals surface area contributed by atoms with Crippen LogP contribution < -0.4 is 4.90 Å². The molecule has 1 unspecified atom stereocenters. The van der Waals surface area contributed by atoms with Crippen LogP contribution in [-0.2, 0) is 21.7 Å². The van der Waals surface area contributed by atoms with Gasteiger partial charge in [-0.2, -0.15) is 0 Å². The van der Waals surface area contributed by atoms with Gasteiger partial charge in [0.25, 0.3) is 0 Å². The van der Waals surface area contributed by atoms with Crippen LogP contribution in [0.25, 0.3) is 0 Å². The molecule has 0 aliphatic carbocycles. The van der Waals surface area contributed by atoms with Gasteiger partial charge >= 0.3 is 0 Å². The first-order chi connectivity index (χ1) is 14.9. The number of hydrogen-bond donors (Lipinski definition) is 0. The minimum absolute atomic E-state index is 0.151. The normalized spacial score (nSPS) is 18.2. The first-order valence-corrected chi connectivity index (χ1v) is 12.9. The minimum atomic E-state index is 0.151. The van der Waals surface area contributed by atoms with Crippen molar-refractivity contribution in [2.24, 2.45) is 0 Å². The molecule has 2 aromatic carbocycles. The van der Waals surface area contributed by atoms with E-state index < -0.39 is 0 Å². The van der Waals surface area contributed by atoms with Crippen molar-refractivity contribution in [1.29, 1.82) is 0 Å². The molecule has 0 radical (unpaired) electrons. The molecule has 1 aliphatic rings. The highest BCUT2D eigenvalue weighted by molar-refractivity contribution is 5.55. The van der Waals surface area contributed by atoms with Crippen LogP contribution in [0, 0.1) is 0 Å². The summed E-state index contributed by atoms with van der Waals surface area (Å²) in [6.45, 7) is 30.3. The van der Waals surface area contributed by atoms with Gasteiger partial charge in [0.1, 0.15) is 0 Å². The maximum absolute atomic E-state index is 2.63. The van der Waals surface area contributed by atoms with Crippen molar-refractivity contribution >= 4 is 5.69 Å². The molecule has 0 N–H and O–H groups in total. The molecule has 3 rings (SSSR count). The molecule has 1 nitrogen and oxygen atoms in total. The fourth-order valence-corrected chi connectivity index (χ4v) is 4.68.